The number of rotatable bonds is 8. The fraction of sp³-hybridized carbons (Fsp3) is 0.478. The topological polar surface area (TPSA) is 0 Å². The molecule has 0 heterocycles. The first-order valence-electron chi connectivity index (χ1n) is 9.28. The van der Waals surface area contributed by atoms with Gasteiger partial charge in [0.15, 0.2) is 0 Å². The Labute approximate surface area is 143 Å². The molecule has 1 atom stereocenters. The molecule has 0 heteroatoms. The van der Waals surface area contributed by atoms with Gasteiger partial charge in [0, 0.05) is 5.92 Å². The second-order valence-electron chi connectivity index (χ2n) is 6.96. The van der Waals surface area contributed by atoms with Gasteiger partial charge < -0.3 is 0 Å². The summed E-state index contributed by atoms with van der Waals surface area (Å²) in [5.74, 6) is 1.25. The molecule has 0 saturated heterocycles. The number of unbranched alkanes of at least 4 members (excludes halogenated alkanes) is 2. The summed E-state index contributed by atoms with van der Waals surface area (Å²) in [5.41, 5.74) is 5.64. The first-order valence-corrected chi connectivity index (χ1v) is 9.28. The van der Waals surface area contributed by atoms with E-state index in [4.69, 9.17) is 0 Å². The maximum absolute atomic E-state index is 2.35. The molecule has 0 bridgehead atoms. The minimum atomic E-state index is 0.526. The second kappa shape index (κ2) is 8.91. The number of benzene rings is 2. The number of hydrogen-bond acceptors (Lipinski definition) is 0. The SMILES string of the molecule is CCCCCC(CC)C(c1ccc(C)cc1)c1ccc(C)cc1. The molecular formula is C23H32. The van der Waals surface area contributed by atoms with E-state index in [1.807, 2.05) is 0 Å². The van der Waals surface area contributed by atoms with Crippen LogP contribution in [0.4, 0.5) is 0 Å². The molecule has 0 aliphatic rings. The van der Waals surface area contributed by atoms with Crippen LogP contribution < -0.4 is 0 Å². The zero-order valence-electron chi connectivity index (χ0n) is 15.3. The van der Waals surface area contributed by atoms with Crippen molar-refractivity contribution in [3.8, 4) is 0 Å². The van der Waals surface area contributed by atoms with Gasteiger partial charge in [0.1, 0.15) is 0 Å². The lowest BCUT2D eigenvalue weighted by Gasteiger charge is -2.28. The van der Waals surface area contributed by atoms with Gasteiger partial charge >= 0.3 is 0 Å². The molecule has 0 aromatic heterocycles. The number of hydrogen-bond donors (Lipinski definition) is 0. The van der Waals surface area contributed by atoms with Crippen LogP contribution in [0.5, 0.6) is 0 Å². The summed E-state index contributed by atoms with van der Waals surface area (Å²) in [6.07, 6.45) is 6.58. The summed E-state index contributed by atoms with van der Waals surface area (Å²) in [6, 6.07) is 18.4. The summed E-state index contributed by atoms with van der Waals surface area (Å²) in [6.45, 7) is 8.98. The van der Waals surface area contributed by atoms with Crippen LogP contribution in [-0.4, -0.2) is 0 Å². The van der Waals surface area contributed by atoms with Crippen molar-refractivity contribution in [3.05, 3.63) is 70.8 Å². The summed E-state index contributed by atoms with van der Waals surface area (Å²) >= 11 is 0. The van der Waals surface area contributed by atoms with Crippen molar-refractivity contribution < 1.29 is 0 Å². The minimum Gasteiger partial charge on any atom is -0.0654 e. The van der Waals surface area contributed by atoms with E-state index in [1.165, 1.54) is 54.4 Å². The summed E-state index contributed by atoms with van der Waals surface area (Å²) in [7, 11) is 0. The van der Waals surface area contributed by atoms with Crippen molar-refractivity contribution >= 4 is 0 Å². The van der Waals surface area contributed by atoms with E-state index in [1.54, 1.807) is 0 Å². The van der Waals surface area contributed by atoms with E-state index in [0.717, 1.165) is 5.92 Å². The monoisotopic (exact) mass is 308 g/mol. The van der Waals surface area contributed by atoms with Gasteiger partial charge in [0.05, 0.1) is 0 Å². The van der Waals surface area contributed by atoms with Gasteiger partial charge in [0.2, 0.25) is 0 Å². The van der Waals surface area contributed by atoms with Crippen molar-refractivity contribution in [2.24, 2.45) is 5.92 Å². The molecule has 0 nitrogen and oxygen atoms in total. The third-order valence-corrected chi connectivity index (χ3v) is 5.05. The van der Waals surface area contributed by atoms with Crippen molar-refractivity contribution in [1.82, 2.24) is 0 Å². The maximum atomic E-state index is 2.35. The first kappa shape index (κ1) is 17.8. The zero-order valence-corrected chi connectivity index (χ0v) is 15.3. The van der Waals surface area contributed by atoms with Crippen LogP contribution in [0.1, 0.15) is 74.1 Å². The van der Waals surface area contributed by atoms with Gasteiger partial charge in [-0.3, -0.25) is 0 Å². The molecule has 2 aromatic carbocycles. The minimum absolute atomic E-state index is 0.526. The molecule has 124 valence electrons. The lowest BCUT2D eigenvalue weighted by Crippen LogP contribution is -2.14. The van der Waals surface area contributed by atoms with Crippen LogP contribution in [0.25, 0.3) is 0 Å². The highest BCUT2D eigenvalue weighted by Gasteiger charge is 2.23. The molecule has 0 radical (unpaired) electrons. The van der Waals surface area contributed by atoms with Gasteiger partial charge in [-0.15, -0.1) is 0 Å². The molecule has 0 fully saturated rings. The highest BCUT2D eigenvalue weighted by atomic mass is 14.3. The van der Waals surface area contributed by atoms with Crippen molar-refractivity contribution in [1.29, 1.82) is 0 Å². The Balaban J connectivity index is 2.32. The van der Waals surface area contributed by atoms with E-state index in [0.29, 0.717) is 5.92 Å². The molecule has 2 rings (SSSR count). The Hall–Kier alpha value is -1.56. The molecule has 0 saturated carbocycles. The lowest BCUT2D eigenvalue weighted by molar-refractivity contribution is 0.401. The van der Waals surface area contributed by atoms with E-state index < -0.39 is 0 Å². The molecule has 23 heavy (non-hydrogen) atoms. The van der Waals surface area contributed by atoms with Crippen LogP contribution in [0.2, 0.25) is 0 Å². The molecule has 0 N–H and O–H groups in total. The largest absolute Gasteiger partial charge is 0.0654 e. The average Bonchev–Trinajstić information content (AvgIpc) is 2.57. The molecular weight excluding hydrogens is 276 g/mol. The number of aryl methyl sites for hydroxylation is 2. The normalized spacial score (nSPS) is 12.6. The Bertz CT molecular complexity index is 516. The summed E-state index contributed by atoms with van der Waals surface area (Å²) in [5, 5.41) is 0. The quantitative estimate of drug-likeness (QED) is 0.459. The standard InChI is InChI=1S/C23H32/c1-5-7-8-9-20(6-2)23(21-14-10-18(3)11-15-21)22-16-12-19(4)13-17-22/h10-17,20,23H,5-9H2,1-4H3. The van der Waals surface area contributed by atoms with Gasteiger partial charge in [0.25, 0.3) is 0 Å². The lowest BCUT2D eigenvalue weighted by atomic mass is 9.76. The van der Waals surface area contributed by atoms with Crippen molar-refractivity contribution in [2.75, 3.05) is 0 Å². The Morgan fingerprint density at radius 1 is 0.696 bits per heavy atom. The maximum Gasteiger partial charge on any atom is 0.0117 e. The Kier molecular flexibility index (Phi) is 6.89. The van der Waals surface area contributed by atoms with Crippen molar-refractivity contribution in [2.45, 2.75) is 65.7 Å². The van der Waals surface area contributed by atoms with Crippen LogP contribution in [-0.2, 0) is 0 Å². The van der Waals surface area contributed by atoms with E-state index in [2.05, 4.69) is 76.2 Å². The van der Waals surface area contributed by atoms with E-state index in [9.17, 15) is 0 Å². The summed E-state index contributed by atoms with van der Waals surface area (Å²) < 4.78 is 0. The molecule has 2 aromatic rings. The van der Waals surface area contributed by atoms with Crippen LogP contribution in [0, 0.1) is 19.8 Å². The van der Waals surface area contributed by atoms with Crippen LogP contribution in [0.15, 0.2) is 48.5 Å². The second-order valence-corrected chi connectivity index (χ2v) is 6.96. The Morgan fingerprint density at radius 3 is 1.57 bits per heavy atom. The molecule has 0 aliphatic heterocycles. The van der Waals surface area contributed by atoms with E-state index in [-0.39, 0.29) is 0 Å². The van der Waals surface area contributed by atoms with Gasteiger partial charge in [-0.2, -0.15) is 0 Å². The molecule has 0 aliphatic carbocycles. The predicted octanol–water partition coefficient (Wildman–Crippen LogP) is 7.04. The molecule has 0 amide bonds. The van der Waals surface area contributed by atoms with Gasteiger partial charge in [-0.1, -0.05) is 99.2 Å². The Morgan fingerprint density at radius 2 is 1.17 bits per heavy atom. The summed E-state index contributed by atoms with van der Waals surface area (Å²) in [4.78, 5) is 0. The van der Waals surface area contributed by atoms with Gasteiger partial charge in [-0.25, -0.2) is 0 Å². The van der Waals surface area contributed by atoms with Crippen LogP contribution >= 0.6 is 0 Å². The highest BCUT2D eigenvalue weighted by molar-refractivity contribution is 5.36. The smallest absolute Gasteiger partial charge is 0.0117 e. The van der Waals surface area contributed by atoms with Crippen LogP contribution in [0.3, 0.4) is 0 Å². The predicted molar refractivity (Wildman–Crippen MR) is 102 cm³/mol. The first-order chi connectivity index (χ1) is 11.2. The van der Waals surface area contributed by atoms with Crippen molar-refractivity contribution in [3.63, 3.8) is 0 Å². The third-order valence-electron chi connectivity index (χ3n) is 5.05. The van der Waals surface area contributed by atoms with E-state index >= 15 is 0 Å². The molecule has 1 unspecified atom stereocenters. The average molecular weight is 309 g/mol. The third kappa shape index (κ3) is 4.96. The fourth-order valence-electron chi connectivity index (χ4n) is 3.55. The van der Waals surface area contributed by atoms with Gasteiger partial charge in [-0.05, 0) is 37.3 Å². The fourth-order valence-corrected chi connectivity index (χ4v) is 3.55. The molecule has 0 spiro atoms. The zero-order chi connectivity index (χ0) is 16.7. The highest BCUT2D eigenvalue weighted by Crippen LogP contribution is 2.37.